The number of carboxylic acids is 1. The fraction of sp³-hybridized carbons (Fsp3) is 0.333. The third-order valence-electron chi connectivity index (χ3n) is 0.348. The van der Waals surface area contributed by atoms with Crippen molar-refractivity contribution in [3.63, 3.8) is 0 Å². The summed E-state index contributed by atoms with van der Waals surface area (Å²) in [5, 5.41) is 17.9. The average molecular weight is 103 g/mol. The molecule has 0 aromatic heterocycles. The second-order valence-electron chi connectivity index (χ2n) is 0.896. The molecule has 0 rings (SSSR count). The van der Waals surface area contributed by atoms with Gasteiger partial charge >= 0.3 is 5.97 Å². The second kappa shape index (κ2) is 3.14. The van der Waals surface area contributed by atoms with E-state index in [-0.39, 0.29) is 6.42 Å². The standard InChI is InChI=1S/C3H5NO3/c5-3(6)1-2-4-7/h2,7H,1H2,(H,5,6)/b4-2-. The highest BCUT2D eigenvalue weighted by Gasteiger charge is 1.87. The lowest BCUT2D eigenvalue weighted by Crippen LogP contribution is -1.93. The summed E-state index contributed by atoms with van der Waals surface area (Å²) in [5.74, 6) is -1.00. The van der Waals surface area contributed by atoms with E-state index < -0.39 is 5.97 Å². The summed E-state index contributed by atoms with van der Waals surface area (Å²) in [5.41, 5.74) is 0. The van der Waals surface area contributed by atoms with Crippen LogP contribution in [0.3, 0.4) is 0 Å². The van der Waals surface area contributed by atoms with E-state index in [4.69, 9.17) is 10.3 Å². The molecule has 0 spiro atoms. The third-order valence-corrected chi connectivity index (χ3v) is 0.348. The molecule has 0 bridgehead atoms. The molecule has 0 aliphatic carbocycles. The van der Waals surface area contributed by atoms with E-state index in [1.807, 2.05) is 0 Å². The first-order chi connectivity index (χ1) is 3.27. The zero-order chi connectivity index (χ0) is 5.70. The van der Waals surface area contributed by atoms with Crippen molar-refractivity contribution in [1.82, 2.24) is 0 Å². The van der Waals surface area contributed by atoms with Gasteiger partial charge in [-0.05, 0) is 0 Å². The van der Waals surface area contributed by atoms with E-state index in [0.29, 0.717) is 0 Å². The molecule has 0 aromatic rings. The molecule has 0 aliphatic heterocycles. The Balaban J connectivity index is 3.14. The van der Waals surface area contributed by atoms with Crippen LogP contribution in [-0.2, 0) is 4.79 Å². The minimum absolute atomic E-state index is 0.226. The maximum absolute atomic E-state index is 9.56. The van der Waals surface area contributed by atoms with Crippen LogP contribution in [0.5, 0.6) is 0 Å². The minimum Gasteiger partial charge on any atom is -0.481 e. The Labute approximate surface area is 40.1 Å². The number of carbonyl (C=O) groups is 1. The first-order valence-corrected chi connectivity index (χ1v) is 1.65. The number of oxime groups is 1. The van der Waals surface area contributed by atoms with Gasteiger partial charge in [-0.3, -0.25) is 4.79 Å². The molecule has 0 atom stereocenters. The fourth-order valence-electron chi connectivity index (χ4n) is 0.119. The predicted molar refractivity (Wildman–Crippen MR) is 22.5 cm³/mol. The van der Waals surface area contributed by atoms with Crippen molar-refractivity contribution in [3.05, 3.63) is 0 Å². The lowest BCUT2D eigenvalue weighted by atomic mass is 10.5. The highest BCUT2D eigenvalue weighted by molar-refractivity contribution is 5.84. The van der Waals surface area contributed by atoms with E-state index in [1.54, 1.807) is 0 Å². The maximum Gasteiger partial charge on any atom is 0.308 e. The molecule has 40 valence electrons. The number of aliphatic carboxylic acids is 1. The molecule has 0 saturated heterocycles. The molecule has 0 heterocycles. The molecule has 2 N–H and O–H groups in total. The van der Waals surface area contributed by atoms with Crippen LogP contribution in [0, 0.1) is 0 Å². The van der Waals surface area contributed by atoms with Crippen molar-refractivity contribution in [2.75, 3.05) is 0 Å². The van der Waals surface area contributed by atoms with Crippen molar-refractivity contribution in [1.29, 1.82) is 0 Å². The van der Waals surface area contributed by atoms with Crippen LogP contribution >= 0.6 is 0 Å². The van der Waals surface area contributed by atoms with E-state index in [1.165, 1.54) is 0 Å². The quantitative estimate of drug-likeness (QED) is 0.292. The van der Waals surface area contributed by atoms with Crippen LogP contribution in [0.1, 0.15) is 6.42 Å². The summed E-state index contributed by atoms with van der Waals surface area (Å²) in [7, 11) is 0. The van der Waals surface area contributed by atoms with Crippen LogP contribution in [-0.4, -0.2) is 22.5 Å². The zero-order valence-corrected chi connectivity index (χ0v) is 3.53. The first kappa shape index (κ1) is 5.94. The monoisotopic (exact) mass is 103 g/mol. The topological polar surface area (TPSA) is 69.9 Å². The summed E-state index contributed by atoms with van der Waals surface area (Å²) in [6.45, 7) is 0. The van der Waals surface area contributed by atoms with E-state index in [9.17, 15) is 4.79 Å². The van der Waals surface area contributed by atoms with Crippen molar-refractivity contribution in [2.45, 2.75) is 6.42 Å². The summed E-state index contributed by atoms with van der Waals surface area (Å²) in [6.07, 6.45) is 0.679. The Morgan fingerprint density at radius 3 is 2.57 bits per heavy atom. The van der Waals surface area contributed by atoms with Gasteiger partial charge in [0.15, 0.2) is 0 Å². The van der Waals surface area contributed by atoms with Crippen LogP contribution in [0.4, 0.5) is 0 Å². The Kier molecular flexibility index (Phi) is 2.67. The van der Waals surface area contributed by atoms with Crippen LogP contribution in [0.15, 0.2) is 5.16 Å². The average Bonchev–Trinajstić information content (AvgIpc) is 1.61. The molecule has 4 nitrogen and oxygen atoms in total. The van der Waals surface area contributed by atoms with Gasteiger partial charge in [0.1, 0.15) is 0 Å². The highest BCUT2D eigenvalue weighted by Crippen LogP contribution is 1.68. The third kappa shape index (κ3) is 4.94. The van der Waals surface area contributed by atoms with Crippen molar-refractivity contribution in [3.8, 4) is 0 Å². The van der Waals surface area contributed by atoms with Gasteiger partial charge in [0.05, 0.1) is 12.6 Å². The Bertz CT molecular complexity index is 88.2. The van der Waals surface area contributed by atoms with Crippen LogP contribution in [0.2, 0.25) is 0 Å². The van der Waals surface area contributed by atoms with Gasteiger partial charge in [0.25, 0.3) is 0 Å². The summed E-state index contributed by atoms with van der Waals surface area (Å²) < 4.78 is 0. The Hall–Kier alpha value is -1.06. The molecular weight excluding hydrogens is 98.0 g/mol. The summed E-state index contributed by atoms with van der Waals surface area (Å²) in [6, 6.07) is 0. The summed E-state index contributed by atoms with van der Waals surface area (Å²) in [4.78, 5) is 9.56. The van der Waals surface area contributed by atoms with Crippen molar-refractivity contribution < 1.29 is 15.1 Å². The van der Waals surface area contributed by atoms with Gasteiger partial charge in [0, 0.05) is 0 Å². The highest BCUT2D eigenvalue weighted by atomic mass is 16.4. The molecule has 7 heavy (non-hydrogen) atoms. The lowest BCUT2D eigenvalue weighted by molar-refractivity contribution is -0.135. The predicted octanol–water partition coefficient (Wildman–Crippen LogP) is -0.0789. The smallest absolute Gasteiger partial charge is 0.308 e. The normalized spacial score (nSPS) is 9.71. The molecule has 0 aliphatic rings. The molecule has 0 saturated carbocycles. The van der Waals surface area contributed by atoms with Gasteiger partial charge in [0.2, 0.25) is 0 Å². The SMILES string of the molecule is O=C(O)C/C=N\O. The molecule has 0 amide bonds. The molecular formula is C3H5NO3. The van der Waals surface area contributed by atoms with Gasteiger partial charge in [-0.25, -0.2) is 0 Å². The second-order valence-corrected chi connectivity index (χ2v) is 0.896. The van der Waals surface area contributed by atoms with Crippen LogP contribution < -0.4 is 0 Å². The fourth-order valence-corrected chi connectivity index (χ4v) is 0.119. The molecule has 0 aromatic carbocycles. The number of hydrogen-bond acceptors (Lipinski definition) is 3. The molecule has 0 radical (unpaired) electrons. The number of rotatable bonds is 2. The van der Waals surface area contributed by atoms with Gasteiger partial charge < -0.3 is 10.3 Å². The number of nitrogens with zero attached hydrogens (tertiary/aromatic N) is 1. The lowest BCUT2D eigenvalue weighted by Gasteiger charge is -1.76. The van der Waals surface area contributed by atoms with Crippen molar-refractivity contribution >= 4 is 12.2 Å². The van der Waals surface area contributed by atoms with Crippen LogP contribution in [0.25, 0.3) is 0 Å². The van der Waals surface area contributed by atoms with Gasteiger partial charge in [-0.1, -0.05) is 0 Å². The van der Waals surface area contributed by atoms with E-state index in [0.717, 1.165) is 6.21 Å². The maximum atomic E-state index is 9.56. The zero-order valence-electron chi connectivity index (χ0n) is 3.53. The molecule has 0 fully saturated rings. The van der Waals surface area contributed by atoms with E-state index in [2.05, 4.69) is 5.16 Å². The number of hydrogen-bond donors (Lipinski definition) is 2. The van der Waals surface area contributed by atoms with Crippen molar-refractivity contribution in [2.24, 2.45) is 5.16 Å². The van der Waals surface area contributed by atoms with E-state index >= 15 is 0 Å². The Morgan fingerprint density at radius 2 is 2.43 bits per heavy atom. The van der Waals surface area contributed by atoms with Gasteiger partial charge in [-0.15, -0.1) is 5.16 Å². The summed E-state index contributed by atoms with van der Waals surface area (Å²) >= 11 is 0. The molecule has 4 heteroatoms. The largest absolute Gasteiger partial charge is 0.481 e. The first-order valence-electron chi connectivity index (χ1n) is 1.65. The van der Waals surface area contributed by atoms with Gasteiger partial charge in [-0.2, -0.15) is 0 Å². The Morgan fingerprint density at radius 1 is 1.86 bits per heavy atom. The minimum atomic E-state index is -1.00. The molecule has 0 unspecified atom stereocenters. The number of carboxylic acid groups (broad SMARTS) is 1.